The van der Waals surface area contributed by atoms with Crippen molar-refractivity contribution in [3.8, 4) is 0 Å². The minimum absolute atomic E-state index is 0.102. The van der Waals surface area contributed by atoms with E-state index in [0.29, 0.717) is 17.9 Å². The van der Waals surface area contributed by atoms with Gasteiger partial charge in [0.25, 0.3) is 0 Å². The van der Waals surface area contributed by atoms with E-state index in [1.807, 2.05) is 6.92 Å². The van der Waals surface area contributed by atoms with Crippen molar-refractivity contribution in [2.75, 3.05) is 0 Å². The van der Waals surface area contributed by atoms with E-state index in [-0.39, 0.29) is 16.2 Å². The fourth-order valence-electron chi connectivity index (χ4n) is 7.05. The first-order valence-corrected chi connectivity index (χ1v) is 10.7. The number of carbonyl (C=O) groups excluding carboxylic acids is 1. The highest BCUT2D eigenvalue weighted by atomic mass is 16.1. The zero-order valence-corrected chi connectivity index (χ0v) is 17.5. The number of Topliss-reactive ketones (excluding diaryl/α,β-unsaturated/α-hetero) is 1. The fourth-order valence-corrected chi connectivity index (χ4v) is 7.05. The Labute approximate surface area is 169 Å². The van der Waals surface area contributed by atoms with Crippen LogP contribution in [-0.2, 0) is 23.2 Å². The summed E-state index contributed by atoms with van der Waals surface area (Å²) in [5.41, 5.74) is 4.38. The van der Waals surface area contributed by atoms with Crippen molar-refractivity contribution in [3.05, 3.63) is 71.3 Å². The van der Waals surface area contributed by atoms with Crippen molar-refractivity contribution >= 4 is 5.78 Å². The normalized spacial score (nSPS) is 38.9. The van der Waals surface area contributed by atoms with Crippen LogP contribution in [0, 0.1) is 10.8 Å². The molecule has 2 aliphatic heterocycles. The van der Waals surface area contributed by atoms with E-state index < -0.39 is 0 Å². The summed E-state index contributed by atoms with van der Waals surface area (Å²) in [6.45, 7) is 9.94. The molecule has 0 radical (unpaired) electrons. The van der Waals surface area contributed by atoms with Gasteiger partial charge in [-0.25, -0.2) is 0 Å². The monoisotopic (exact) mass is 373 g/mol. The van der Waals surface area contributed by atoms with Crippen LogP contribution < -0.4 is 0 Å². The smallest absolute Gasteiger partial charge is 0.137 e. The molecular weight excluding hydrogens is 342 g/mol. The standard InChI is InChI=1S/C26H31NO/c1-18(28)24(2)17-26(4)22-14-20-12-8-9-13-21(20)25(26,3)15-23(24)27(22)16-19-10-6-5-7-11-19/h5-13,22-23H,14-17H2,1-4H3/t22?,23?,24?,25-,26+/m0/s1. The first-order valence-electron chi connectivity index (χ1n) is 10.7. The highest BCUT2D eigenvalue weighted by Gasteiger charge is 2.69. The Morgan fingerprint density at radius 3 is 2.39 bits per heavy atom. The van der Waals surface area contributed by atoms with E-state index in [1.165, 1.54) is 16.7 Å². The molecular formula is C26H31NO. The highest BCUT2D eigenvalue weighted by Crippen LogP contribution is 2.68. The van der Waals surface area contributed by atoms with E-state index in [9.17, 15) is 4.79 Å². The zero-order valence-electron chi connectivity index (χ0n) is 17.5. The Balaban J connectivity index is 1.67. The van der Waals surface area contributed by atoms with Crippen LogP contribution in [0.3, 0.4) is 0 Å². The fraction of sp³-hybridized carbons (Fsp3) is 0.500. The Bertz CT molecular complexity index is 936. The average Bonchev–Trinajstić information content (AvgIpc) is 2.66. The summed E-state index contributed by atoms with van der Waals surface area (Å²) in [5.74, 6) is 0.358. The molecule has 2 aromatic carbocycles. The Morgan fingerprint density at radius 1 is 1.00 bits per heavy atom. The minimum atomic E-state index is -0.258. The molecule has 2 saturated heterocycles. The number of hydrogen-bond acceptors (Lipinski definition) is 2. The topological polar surface area (TPSA) is 20.3 Å². The van der Waals surface area contributed by atoms with E-state index >= 15 is 0 Å². The minimum Gasteiger partial charge on any atom is -0.299 e. The molecule has 4 bridgehead atoms. The van der Waals surface area contributed by atoms with Gasteiger partial charge in [0, 0.05) is 29.5 Å². The van der Waals surface area contributed by atoms with Gasteiger partial charge in [0.1, 0.15) is 5.78 Å². The third-order valence-electron chi connectivity index (χ3n) is 8.91. The summed E-state index contributed by atoms with van der Waals surface area (Å²) in [6.07, 6.45) is 3.17. The molecule has 0 amide bonds. The molecule has 1 saturated carbocycles. The number of hydrogen-bond donors (Lipinski definition) is 0. The number of benzene rings is 2. The maximum absolute atomic E-state index is 12.9. The first kappa shape index (κ1) is 18.1. The molecule has 2 aromatic rings. The molecule has 0 aromatic heterocycles. The van der Waals surface area contributed by atoms with Crippen molar-refractivity contribution in [1.29, 1.82) is 0 Å². The van der Waals surface area contributed by atoms with Crippen LogP contribution in [0.5, 0.6) is 0 Å². The lowest BCUT2D eigenvalue weighted by Gasteiger charge is -2.72. The van der Waals surface area contributed by atoms with Gasteiger partial charge in [-0.05, 0) is 48.3 Å². The third-order valence-corrected chi connectivity index (χ3v) is 8.91. The number of ketones is 1. The molecule has 0 spiro atoms. The van der Waals surface area contributed by atoms with Gasteiger partial charge in [0.2, 0.25) is 0 Å². The Morgan fingerprint density at radius 2 is 1.68 bits per heavy atom. The van der Waals surface area contributed by atoms with Gasteiger partial charge in [-0.3, -0.25) is 9.69 Å². The summed E-state index contributed by atoms with van der Waals surface area (Å²) in [4.78, 5) is 15.6. The predicted molar refractivity (Wildman–Crippen MR) is 113 cm³/mol. The second kappa shape index (κ2) is 5.79. The number of fused-ring (bicyclic) bond motifs is 2. The molecule has 2 heteroatoms. The lowest BCUT2D eigenvalue weighted by Crippen LogP contribution is -2.76. The maximum Gasteiger partial charge on any atom is 0.137 e. The van der Waals surface area contributed by atoms with Crippen molar-refractivity contribution in [3.63, 3.8) is 0 Å². The second-order valence-corrected chi connectivity index (χ2v) is 10.2. The molecule has 2 heterocycles. The molecule has 2 aliphatic carbocycles. The zero-order chi connectivity index (χ0) is 19.7. The van der Waals surface area contributed by atoms with Gasteiger partial charge in [-0.1, -0.05) is 75.4 Å². The van der Waals surface area contributed by atoms with Crippen LogP contribution in [0.15, 0.2) is 54.6 Å². The predicted octanol–water partition coefficient (Wildman–Crippen LogP) is 5.15. The molecule has 4 aliphatic rings. The van der Waals surface area contributed by atoms with Crippen LogP contribution in [-0.4, -0.2) is 22.8 Å². The molecule has 28 heavy (non-hydrogen) atoms. The summed E-state index contributed by atoms with van der Waals surface area (Å²) < 4.78 is 0. The van der Waals surface area contributed by atoms with Crippen molar-refractivity contribution in [2.45, 2.75) is 71.0 Å². The molecule has 0 N–H and O–H groups in total. The van der Waals surface area contributed by atoms with Crippen LogP contribution in [0.2, 0.25) is 0 Å². The van der Waals surface area contributed by atoms with Crippen LogP contribution in [0.1, 0.15) is 57.2 Å². The summed E-state index contributed by atoms with van der Waals surface area (Å²) >= 11 is 0. The van der Waals surface area contributed by atoms with Gasteiger partial charge >= 0.3 is 0 Å². The van der Waals surface area contributed by atoms with Crippen LogP contribution in [0.25, 0.3) is 0 Å². The molecule has 5 atom stereocenters. The summed E-state index contributed by atoms with van der Waals surface area (Å²) in [5, 5.41) is 0. The highest BCUT2D eigenvalue weighted by molar-refractivity contribution is 5.83. The SMILES string of the molecule is CC(=O)C1(C)C[C@]2(C)C3Cc4ccccc4[C@]2(C)CC1N3Cc1ccccc1. The van der Waals surface area contributed by atoms with Crippen molar-refractivity contribution in [2.24, 2.45) is 10.8 Å². The van der Waals surface area contributed by atoms with Gasteiger partial charge in [-0.15, -0.1) is 0 Å². The van der Waals surface area contributed by atoms with E-state index in [0.717, 1.165) is 25.8 Å². The molecule has 3 fully saturated rings. The van der Waals surface area contributed by atoms with E-state index in [1.54, 1.807) is 0 Å². The van der Waals surface area contributed by atoms with Crippen molar-refractivity contribution < 1.29 is 4.79 Å². The van der Waals surface area contributed by atoms with Crippen molar-refractivity contribution in [1.82, 2.24) is 4.90 Å². The van der Waals surface area contributed by atoms with Gasteiger partial charge in [0.15, 0.2) is 0 Å². The molecule has 2 nitrogen and oxygen atoms in total. The van der Waals surface area contributed by atoms with Gasteiger partial charge in [-0.2, -0.15) is 0 Å². The summed E-state index contributed by atoms with van der Waals surface area (Å²) in [7, 11) is 0. The lowest BCUT2D eigenvalue weighted by atomic mass is 9.39. The number of rotatable bonds is 3. The third kappa shape index (κ3) is 2.16. The second-order valence-electron chi connectivity index (χ2n) is 10.2. The first-order chi connectivity index (χ1) is 13.3. The van der Waals surface area contributed by atoms with Crippen LogP contribution >= 0.6 is 0 Å². The Kier molecular flexibility index (Phi) is 3.75. The number of carbonyl (C=O) groups is 1. The van der Waals surface area contributed by atoms with Gasteiger partial charge in [0.05, 0.1) is 0 Å². The molecule has 6 rings (SSSR count). The largest absolute Gasteiger partial charge is 0.299 e. The number of nitrogens with zero attached hydrogens (tertiary/aromatic N) is 1. The average molecular weight is 374 g/mol. The maximum atomic E-state index is 12.9. The lowest BCUT2D eigenvalue weighted by molar-refractivity contribution is -0.196. The Hall–Kier alpha value is -1.93. The van der Waals surface area contributed by atoms with Gasteiger partial charge < -0.3 is 0 Å². The van der Waals surface area contributed by atoms with Crippen LogP contribution in [0.4, 0.5) is 0 Å². The molecule has 146 valence electrons. The molecule has 3 unspecified atom stereocenters. The van der Waals surface area contributed by atoms with E-state index in [2.05, 4.69) is 80.3 Å². The quantitative estimate of drug-likeness (QED) is 0.742. The number of piperidine rings is 2. The van der Waals surface area contributed by atoms with E-state index in [4.69, 9.17) is 0 Å². The summed E-state index contributed by atoms with van der Waals surface area (Å²) in [6, 6.07) is 20.6.